The van der Waals surface area contributed by atoms with Crippen LogP contribution in [-0.2, 0) is 15.5 Å². The Morgan fingerprint density at radius 1 is 1.38 bits per heavy atom. The Morgan fingerprint density at radius 2 is 2.06 bits per heavy atom. The Bertz CT molecular complexity index is 435. The summed E-state index contributed by atoms with van der Waals surface area (Å²) in [6, 6.07) is 7.60. The van der Waals surface area contributed by atoms with Gasteiger partial charge in [0.2, 0.25) is 0 Å². The minimum atomic E-state index is -1.12. The number of hydrogen-bond acceptors (Lipinski definition) is 2. The van der Waals surface area contributed by atoms with Crippen LogP contribution in [0.1, 0.15) is 5.56 Å². The third-order valence-corrected chi connectivity index (χ3v) is 2.97. The molecular weight excluding hydrogens is 220 g/mol. The monoisotopic (exact) mass is 234 g/mol. The average molecular weight is 234 g/mol. The van der Waals surface area contributed by atoms with Crippen molar-refractivity contribution in [3.63, 3.8) is 0 Å². The van der Waals surface area contributed by atoms with Crippen LogP contribution < -0.4 is 0 Å². The van der Waals surface area contributed by atoms with Crippen molar-refractivity contribution in [2.45, 2.75) is 11.8 Å². The summed E-state index contributed by atoms with van der Waals surface area (Å²) in [5, 5.41) is 1.58. The highest BCUT2D eigenvalue weighted by Gasteiger charge is 1.97. The first-order valence-corrected chi connectivity index (χ1v) is 6.06. The van der Waals surface area contributed by atoms with Crippen LogP contribution in [0, 0.1) is 18.8 Å². The van der Waals surface area contributed by atoms with Crippen molar-refractivity contribution < 1.29 is 8.95 Å². The molecule has 1 aromatic carbocycles. The van der Waals surface area contributed by atoms with E-state index in [2.05, 4.69) is 11.8 Å². The van der Waals surface area contributed by atoms with E-state index in [9.17, 15) is 4.21 Å². The molecule has 0 fully saturated rings. The zero-order chi connectivity index (χ0) is 11.8. The summed E-state index contributed by atoms with van der Waals surface area (Å²) in [5.41, 5.74) is 1.16. The predicted molar refractivity (Wildman–Crippen MR) is 66.4 cm³/mol. The molecule has 0 spiro atoms. The third kappa shape index (κ3) is 4.43. The molecule has 0 heterocycles. The van der Waals surface area contributed by atoms with Crippen LogP contribution in [-0.4, -0.2) is 17.9 Å². The average Bonchev–Trinajstić information content (AvgIpc) is 2.29. The lowest BCUT2D eigenvalue weighted by Crippen LogP contribution is -1.86. The molecule has 0 amide bonds. The first-order valence-electron chi connectivity index (χ1n) is 4.85. The fraction of sp³-hybridized carbons (Fsp3) is 0.231. The number of ether oxygens (including phenoxy) is 1. The van der Waals surface area contributed by atoms with Gasteiger partial charge in [-0.05, 0) is 25.1 Å². The zero-order valence-corrected chi connectivity index (χ0v) is 10.2. The maximum absolute atomic E-state index is 11.7. The molecular formula is C13H14O2S. The van der Waals surface area contributed by atoms with E-state index in [1.54, 1.807) is 18.6 Å². The molecule has 0 aliphatic rings. The van der Waals surface area contributed by atoms with Gasteiger partial charge in [-0.15, -0.1) is 0 Å². The van der Waals surface area contributed by atoms with Crippen molar-refractivity contribution in [3.05, 3.63) is 41.3 Å². The van der Waals surface area contributed by atoms with Crippen LogP contribution in [0.15, 0.2) is 40.6 Å². The van der Waals surface area contributed by atoms with Gasteiger partial charge in [0.05, 0.1) is 10.8 Å². The van der Waals surface area contributed by atoms with Crippen LogP contribution in [0.25, 0.3) is 0 Å². The molecule has 3 heteroatoms. The highest BCUT2D eigenvalue weighted by Crippen LogP contribution is 2.08. The highest BCUT2D eigenvalue weighted by molar-refractivity contribution is 7.88. The number of hydrogen-bond donors (Lipinski definition) is 0. The molecule has 0 aliphatic carbocycles. The summed E-state index contributed by atoms with van der Waals surface area (Å²) in [4.78, 5) is 0.787. The molecule has 0 aromatic heterocycles. The maximum Gasteiger partial charge on any atom is 0.107 e. The molecule has 1 aromatic rings. The van der Waals surface area contributed by atoms with E-state index in [4.69, 9.17) is 4.74 Å². The highest BCUT2D eigenvalue weighted by atomic mass is 32.2. The van der Waals surface area contributed by atoms with Crippen molar-refractivity contribution in [2.75, 3.05) is 13.7 Å². The molecule has 0 saturated carbocycles. The second-order valence-electron chi connectivity index (χ2n) is 3.17. The minimum Gasteiger partial charge on any atom is -0.372 e. The van der Waals surface area contributed by atoms with Gasteiger partial charge in [-0.1, -0.05) is 29.5 Å². The lowest BCUT2D eigenvalue weighted by molar-refractivity contribution is 0.240. The topological polar surface area (TPSA) is 26.3 Å². The van der Waals surface area contributed by atoms with Crippen molar-refractivity contribution in [1.29, 1.82) is 0 Å². The molecule has 0 aliphatic heterocycles. The minimum absolute atomic E-state index is 0.390. The van der Waals surface area contributed by atoms with Gasteiger partial charge < -0.3 is 4.74 Å². The van der Waals surface area contributed by atoms with E-state index < -0.39 is 10.8 Å². The molecule has 1 unspecified atom stereocenters. The fourth-order valence-corrected chi connectivity index (χ4v) is 1.77. The smallest absolute Gasteiger partial charge is 0.107 e. The largest absolute Gasteiger partial charge is 0.372 e. The Kier molecular flexibility index (Phi) is 5.55. The van der Waals surface area contributed by atoms with Crippen LogP contribution in [0.4, 0.5) is 0 Å². The Labute approximate surface area is 98.8 Å². The molecule has 84 valence electrons. The second kappa shape index (κ2) is 7.00. The van der Waals surface area contributed by atoms with Crippen LogP contribution in [0.3, 0.4) is 0 Å². The van der Waals surface area contributed by atoms with Crippen molar-refractivity contribution in [3.8, 4) is 11.8 Å². The SMILES string of the molecule is COCC#C/C=C\S(=O)c1ccc(C)cc1. The van der Waals surface area contributed by atoms with E-state index >= 15 is 0 Å². The van der Waals surface area contributed by atoms with Crippen molar-refractivity contribution in [2.24, 2.45) is 0 Å². The first kappa shape index (κ1) is 12.7. The van der Waals surface area contributed by atoms with Gasteiger partial charge >= 0.3 is 0 Å². The summed E-state index contributed by atoms with van der Waals surface area (Å²) in [7, 11) is 0.465. The zero-order valence-electron chi connectivity index (χ0n) is 9.40. The van der Waals surface area contributed by atoms with Gasteiger partial charge in [-0.25, -0.2) is 4.21 Å². The van der Waals surface area contributed by atoms with Gasteiger partial charge in [-0.2, -0.15) is 0 Å². The summed E-state index contributed by atoms with van der Waals surface area (Å²) in [6.45, 7) is 2.39. The fourth-order valence-electron chi connectivity index (χ4n) is 1.02. The number of allylic oxidation sites excluding steroid dienone is 1. The van der Waals surface area contributed by atoms with E-state index in [-0.39, 0.29) is 0 Å². The Balaban J connectivity index is 2.60. The van der Waals surface area contributed by atoms with Crippen LogP contribution in [0.2, 0.25) is 0 Å². The lowest BCUT2D eigenvalue weighted by Gasteiger charge is -1.96. The quantitative estimate of drug-likeness (QED) is 0.750. The van der Waals surface area contributed by atoms with Gasteiger partial charge in [0, 0.05) is 17.4 Å². The van der Waals surface area contributed by atoms with Gasteiger partial charge in [0.25, 0.3) is 0 Å². The lowest BCUT2D eigenvalue weighted by atomic mass is 10.2. The van der Waals surface area contributed by atoms with Crippen LogP contribution in [0.5, 0.6) is 0 Å². The van der Waals surface area contributed by atoms with Crippen molar-refractivity contribution in [1.82, 2.24) is 0 Å². The third-order valence-electron chi connectivity index (χ3n) is 1.85. The van der Waals surface area contributed by atoms with Crippen molar-refractivity contribution >= 4 is 10.8 Å². The summed E-state index contributed by atoms with van der Waals surface area (Å²) in [6.07, 6.45) is 1.59. The molecule has 1 atom stereocenters. The predicted octanol–water partition coefficient (Wildman–Crippen LogP) is 2.27. The van der Waals surface area contributed by atoms with E-state index in [0.717, 1.165) is 10.5 Å². The van der Waals surface area contributed by atoms with Gasteiger partial charge in [0.15, 0.2) is 0 Å². The first-order chi connectivity index (χ1) is 7.74. The molecule has 1 rings (SSSR count). The normalized spacial score (nSPS) is 12.1. The molecule has 16 heavy (non-hydrogen) atoms. The summed E-state index contributed by atoms with van der Waals surface area (Å²) in [5.74, 6) is 5.51. The Morgan fingerprint density at radius 3 is 2.69 bits per heavy atom. The Hall–Kier alpha value is -1.37. The number of rotatable bonds is 3. The van der Waals surface area contributed by atoms with E-state index in [1.165, 1.54) is 0 Å². The van der Waals surface area contributed by atoms with Crippen LogP contribution >= 0.6 is 0 Å². The summed E-state index contributed by atoms with van der Waals surface area (Å²) < 4.78 is 16.5. The maximum atomic E-state index is 11.7. The number of aryl methyl sites for hydroxylation is 1. The van der Waals surface area contributed by atoms with Gasteiger partial charge in [0.1, 0.15) is 6.61 Å². The summed E-state index contributed by atoms with van der Waals surface area (Å²) >= 11 is 0. The van der Waals surface area contributed by atoms with Gasteiger partial charge in [-0.3, -0.25) is 0 Å². The number of benzene rings is 1. The molecule has 2 nitrogen and oxygen atoms in total. The standard InChI is InChI=1S/C13H14O2S/c1-12-6-8-13(9-7-12)16(14)11-5-3-4-10-15-2/h5-9,11H,10H2,1-2H3/b11-5-. The van der Waals surface area contributed by atoms with E-state index in [0.29, 0.717) is 6.61 Å². The molecule has 0 radical (unpaired) electrons. The van der Waals surface area contributed by atoms with E-state index in [1.807, 2.05) is 31.2 Å². The molecule has 0 N–H and O–H groups in total. The molecule has 0 saturated heterocycles. The second-order valence-corrected chi connectivity index (χ2v) is 4.51. The number of methoxy groups -OCH3 is 1. The molecule has 0 bridgehead atoms.